The summed E-state index contributed by atoms with van der Waals surface area (Å²) in [5.41, 5.74) is -0.324. The van der Waals surface area contributed by atoms with E-state index in [1.54, 1.807) is 17.5 Å². The molecule has 0 spiro atoms. The lowest BCUT2D eigenvalue weighted by molar-refractivity contribution is 0.172. The minimum atomic E-state index is -0.324. The van der Waals surface area contributed by atoms with E-state index >= 15 is 0 Å². The van der Waals surface area contributed by atoms with Crippen LogP contribution in [0.5, 0.6) is 0 Å². The fourth-order valence-electron chi connectivity index (χ4n) is 2.99. The molecule has 1 N–H and O–H groups in total. The van der Waals surface area contributed by atoms with Gasteiger partial charge >= 0.3 is 0 Å². The molecule has 4 heterocycles. The van der Waals surface area contributed by atoms with Gasteiger partial charge in [-0.05, 0) is 43.4 Å². The van der Waals surface area contributed by atoms with Crippen LogP contribution in [0.2, 0.25) is 0 Å². The van der Waals surface area contributed by atoms with Crippen LogP contribution in [0.3, 0.4) is 0 Å². The van der Waals surface area contributed by atoms with Gasteiger partial charge in [-0.15, -0.1) is 11.3 Å². The van der Waals surface area contributed by atoms with E-state index in [-0.39, 0.29) is 5.54 Å². The van der Waals surface area contributed by atoms with Crippen LogP contribution in [-0.2, 0) is 12.0 Å². The molecule has 22 heavy (non-hydrogen) atoms. The Morgan fingerprint density at radius 1 is 1.32 bits per heavy atom. The number of nitrogens with one attached hydrogen (secondary N) is 1. The molecule has 6 nitrogen and oxygen atoms in total. The molecule has 0 saturated carbocycles. The summed E-state index contributed by atoms with van der Waals surface area (Å²) in [7, 11) is 0. The second kappa shape index (κ2) is 5.66. The summed E-state index contributed by atoms with van der Waals surface area (Å²) in [5, 5.41) is 14.1. The van der Waals surface area contributed by atoms with E-state index in [4.69, 9.17) is 4.52 Å². The van der Waals surface area contributed by atoms with Crippen molar-refractivity contribution in [2.24, 2.45) is 0 Å². The monoisotopic (exact) mass is 315 g/mol. The van der Waals surface area contributed by atoms with E-state index in [0.29, 0.717) is 12.3 Å². The van der Waals surface area contributed by atoms with Gasteiger partial charge in [-0.25, -0.2) is 0 Å². The summed E-state index contributed by atoms with van der Waals surface area (Å²) in [5.74, 6) is 1.41. The molecular weight excluding hydrogens is 298 g/mol. The summed E-state index contributed by atoms with van der Waals surface area (Å²) in [6.07, 6.45) is 6.29. The Balaban J connectivity index is 1.67. The van der Waals surface area contributed by atoms with Gasteiger partial charge in [0.2, 0.25) is 0 Å². The predicted molar refractivity (Wildman–Crippen MR) is 82.8 cm³/mol. The zero-order chi connectivity index (χ0) is 14.8. The van der Waals surface area contributed by atoms with Gasteiger partial charge in [0.1, 0.15) is 5.54 Å². The fraction of sp³-hybridized carbons (Fsp3) is 0.400. The Bertz CT molecular complexity index is 713. The molecule has 0 amide bonds. The number of thiophene rings is 1. The highest BCUT2D eigenvalue weighted by Gasteiger charge is 2.41. The number of hydrogen-bond donors (Lipinski definition) is 1. The molecule has 7 heteroatoms. The molecule has 4 rings (SSSR count). The molecule has 1 fully saturated rings. The highest BCUT2D eigenvalue weighted by Crippen LogP contribution is 2.33. The van der Waals surface area contributed by atoms with Crippen molar-refractivity contribution in [1.29, 1.82) is 0 Å². The molecule has 1 aliphatic heterocycles. The topological polar surface area (TPSA) is 68.8 Å². The van der Waals surface area contributed by atoms with Crippen molar-refractivity contribution in [3.05, 3.63) is 52.6 Å². The first-order chi connectivity index (χ1) is 10.9. The third-order valence-corrected chi connectivity index (χ3v) is 5.03. The van der Waals surface area contributed by atoms with Gasteiger partial charge in [-0.1, -0.05) is 11.2 Å². The maximum absolute atomic E-state index is 5.63. The molecule has 114 valence electrons. The summed E-state index contributed by atoms with van der Waals surface area (Å²) >= 11 is 1.71. The zero-order valence-electron chi connectivity index (χ0n) is 12.1. The lowest BCUT2D eigenvalue weighted by atomic mass is 9.88. The lowest BCUT2D eigenvalue weighted by Gasteiger charge is -2.34. The second-order valence-corrected chi connectivity index (χ2v) is 6.54. The third kappa shape index (κ3) is 2.36. The van der Waals surface area contributed by atoms with E-state index in [1.165, 1.54) is 4.88 Å². The smallest absolute Gasteiger partial charge is 0.254 e. The van der Waals surface area contributed by atoms with Crippen molar-refractivity contribution >= 4 is 11.3 Å². The first-order valence-corrected chi connectivity index (χ1v) is 8.31. The third-order valence-electron chi connectivity index (χ3n) is 4.15. The summed E-state index contributed by atoms with van der Waals surface area (Å²) in [6.45, 7) is 1.84. The predicted octanol–water partition coefficient (Wildman–Crippen LogP) is 2.05. The Hall–Kier alpha value is -1.99. The molecule has 1 saturated heterocycles. The van der Waals surface area contributed by atoms with Crippen LogP contribution in [0, 0.1) is 0 Å². The van der Waals surface area contributed by atoms with Gasteiger partial charge in [0.05, 0.1) is 0 Å². The molecule has 0 aromatic carbocycles. The number of rotatable bonds is 4. The van der Waals surface area contributed by atoms with E-state index in [0.717, 1.165) is 31.8 Å². The van der Waals surface area contributed by atoms with Crippen LogP contribution in [-0.4, -0.2) is 33.0 Å². The van der Waals surface area contributed by atoms with Gasteiger partial charge in [0.15, 0.2) is 5.82 Å². The van der Waals surface area contributed by atoms with Gasteiger partial charge in [0, 0.05) is 23.7 Å². The molecule has 0 bridgehead atoms. The quantitative estimate of drug-likeness (QED) is 0.798. The highest BCUT2D eigenvalue weighted by atomic mass is 32.1. The average Bonchev–Trinajstić information content (AvgIpc) is 3.31. The maximum atomic E-state index is 5.63. The Labute approximate surface area is 132 Å². The average molecular weight is 315 g/mol. The van der Waals surface area contributed by atoms with Gasteiger partial charge in [-0.3, -0.25) is 4.68 Å². The van der Waals surface area contributed by atoms with Crippen molar-refractivity contribution in [2.75, 3.05) is 13.1 Å². The molecule has 0 unspecified atom stereocenters. The van der Waals surface area contributed by atoms with Crippen molar-refractivity contribution < 1.29 is 4.52 Å². The van der Waals surface area contributed by atoms with Gasteiger partial charge in [-0.2, -0.15) is 10.1 Å². The molecule has 0 atom stereocenters. The second-order valence-electron chi connectivity index (χ2n) is 5.50. The summed E-state index contributed by atoms with van der Waals surface area (Å²) in [4.78, 5) is 5.92. The standard InChI is InChI=1S/C15H17N5OS/c1-3-12(22-10-1)11-13-18-14(21-19-13)15(4-7-16-8-5-15)20-9-2-6-17-20/h1-3,6,9-10,16H,4-5,7-8,11H2. The van der Waals surface area contributed by atoms with Crippen molar-refractivity contribution in [1.82, 2.24) is 25.2 Å². The van der Waals surface area contributed by atoms with Crippen molar-refractivity contribution in [3.63, 3.8) is 0 Å². The Morgan fingerprint density at radius 2 is 2.23 bits per heavy atom. The Kier molecular flexibility index (Phi) is 3.51. The number of aromatic nitrogens is 4. The van der Waals surface area contributed by atoms with E-state index in [9.17, 15) is 0 Å². The van der Waals surface area contributed by atoms with Gasteiger partial charge < -0.3 is 9.84 Å². The van der Waals surface area contributed by atoms with Crippen LogP contribution in [0.25, 0.3) is 0 Å². The van der Waals surface area contributed by atoms with Crippen LogP contribution < -0.4 is 5.32 Å². The van der Waals surface area contributed by atoms with Crippen LogP contribution in [0.15, 0.2) is 40.5 Å². The molecule has 3 aromatic rings. The molecule has 3 aromatic heterocycles. The molecule has 0 aliphatic carbocycles. The SMILES string of the molecule is c1csc(Cc2noc(C3(n4cccn4)CCNCC3)n2)c1. The van der Waals surface area contributed by atoms with E-state index in [1.807, 2.05) is 23.0 Å². The van der Waals surface area contributed by atoms with E-state index < -0.39 is 0 Å². The fourth-order valence-corrected chi connectivity index (χ4v) is 3.69. The van der Waals surface area contributed by atoms with Crippen LogP contribution in [0.4, 0.5) is 0 Å². The first-order valence-electron chi connectivity index (χ1n) is 7.43. The first kappa shape index (κ1) is 13.7. The Morgan fingerprint density at radius 3 is 2.95 bits per heavy atom. The molecular formula is C15H17N5OS. The number of hydrogen-bond acceptors (Lipinski definition) is 6. The highest BCUT2D eigenvalue weighted by molar-refractivity contribution is 7.09. The minimum Gasteiger partial charge on any atom is -0.337 e. The van der Waals surface area contributed by atoms with Gasteiger partial charge in [0.25, 0.3) is 5.89 Å². The molecule has 1 aliphatic rings. The van der Waals surface area contributed by atoms with E-state index in [2.05, 4.69) is 32.0 Å². The molecule has 0 radical (unpaired) electrons. The minimum absolute atomic E-state index is 0.324. The summed E-state index contributed by atoms with van der Waals surface area (Å²) in [6, 6.07) is 6.07. The normalized spacial score (nSPS) is 17.6. The number of piperidine rings is 1. The number of nitrogens with zero attached hydrogens (tertiary/aromatic N) is 4. The lowest BCUT2D eigenvalue weighted by Crippen LogP contribution is -2.45. The van der Waals surface area contributed by atoms with Crippen molar-refractivity contribution in [2.45, 2.75) is 24.8 Å². The van der Waals surface area contributed by atoms with Crippen molar-refractivity contribution in [3.8, 4) is 0 Å². The zero-order valence-corrected chi connectivity index (χ0v) is 12.9. The largest absolute Gasteiger partial charge is 0.337 e. The maximum Gasteiger partial charge on any atom is 0.254 e. The summed E-state index contributed by atoms with van der Waals surface area (Å²) < 4.78 is 7.60. The van der Waals surface area contributed by atoms with Crippen LogP contribution >= 0.6 is 11.3 Å². The van der Waals surface area contributed by atoms with Crippen LogP contribution in [0.1, 0.15) is 29.4 Å².